The first-order valence-electron chi connectivity index (χ1n) is 10.3. The zero-order valence-corrected chi connectivity index (χ0v) is 17.5. The Labute approximate surface area is 186 Å². The van der Waals surface area contributed by atoms with Crippen LogP contribution in [0.3, 0.4) is 0 Å². The maximum atomic E-state index is 13.2. The molecular weight excluding hydrogens is 400 g/mol. The van der Waals surface area contributed by atoms with Crippen molar-refractivity contribution in [3.63, 3.8) is 0 Å². The van der Waals surface area contributed by atoms with E-state index in [1.807, 2.05) is 65.2 Å². The summed E-state index contributed by atoms with van der Waals surface area (Å²) >= 11 is 0. The molecule has 4 rings (SSSR count). The maximum Gasteiger partial charge on any atom is 0.319 e. The predicted molar refractivity (Wildman–Crippen MR) is 129 cm³/mol. The fourth-order valence-electron chi connectivity index (χ4n) is 3.51. The number of carbonyl (C=O) groups is 2. The number of amides is 3. The first-order valence-corrected chi connectivity index (χ1v) is 10.3. The summed E-state index contributed by atoms with van der Waals surface area (Å²) in [6.07, 6.45) is 1.61. The molecule has 4 aromatic rings. The van der Waals surface area contributed by atoms with Crippen molar-refractivity contribution in [3.8, 4) is 0 Å². The number of benzene rings is 3. The Hall–Kier alpha value is -4.32. The number of hydrogen-bond acceptors (Lipinski definition) is 2. The van der Waals surface area contributed by atoms with Gasteiger partial charge in [0.1, 0.15) is 5.69 Å². The number of anilines is 2. The molecule has 0 aliphatic rings. The zero-order valence-electron chi connectivity index (χ0n) is 17.5. The van der Waals surface area contributed by atoms with E-state index >= 15 is 0 Å². The minimum absolute atomic E-state index is 0.193. The third-order valence-electron chi connectivity index (χ3n) is 5.03. The summed E-state index contributed by atoms with van der Waals surface area (Å²) in [6.45, 7) is 4.55. The second kappa shape index (κ2) is 9.66. The highest BCUT2D eigenvalue weighted by molar-refractivity contribution is 6.06. The van der Waals surface area contributed by atoms with Crippen LogP contribution in [0.1, 0.15) is 16.1 Å². The average Bonchev–Trinajstić information content (AvgIpc) is 3.18. The van der Waals surface area contributed by atoms with Gasteiger partial charge in [0.05, 0.1) is 0 Å². The van der Waals surface area contributed by atoms with Crippen molar-refractivity contribution in [1.82, 2.24) is 9.88 Å². The molecule has 3 aromatic carbocycles. The van der Waals surface area contributed by atoms with E-state index in [1.165, 1.54) is 0 Å². The van der Waals surface area contributed by atoms with E-state index in [1.54, 1.807) is 30.3 Å². The predicted octanol–water partition coefficient (Wildman–Crippen LogP) is 5.25. The quantitative estimate of drug-likeness (QED) is 0.355. The van der Waals surface area contributed by atoms with Crippen LogP contribution in [0.2, 0.25) is 0 Å². The van der Waals surface area contributed by atoms with Crippen molar-refractivity contribution in [2.45, 2.75) is 6.54 Å². The van der Waals surface area contributed by atoms with Gasteiger partial charge in [0.25, 0.3) is 5.91 Å². The van der Waals surface area contributed by atoms with E-state index in [-0.39, 0.29) is 11.9 Å². The summed E-state index contributed by atoms with van der Waals surface area (Å²) in [5.74, 6) is -0.193. The Morgan fingerprint density at radius 3 is 2.22 bits per heavy atom. The third-order valence-corrected chi connectivity index (χ3v) is 5.03. The summed E-state index contributed by atoms with van der Waals surface area (Å²) < 4.78 is 2.03. The lowest BCUT2D eigenvalue weighted by atomic mass is 10.2. The van der Waals surface area contributed by atoms with E-state index in [0.717, 1.165) is 16.5 Å². The van der Waals surface area contributed by atoms with Crippen LogP contribution in [0.15, 0.2) is 97.6 Å². The number of hydrogen-bond donors (Lipinski definition) is 3. The molecule has 1 aromatic heterocycles. The van der Waals surface area contributed by atoms with Gasteiger partial charge in [-0.05, 0) is 42.0 Å². The highest BCUT2D eigenvalue weighted by Crippen LogP contribution is 2.23. The second-order valence-corrected chi connectivity index (χ2v) is 7.32. The minimum Gasteiger partial charge on any atom is -0.334 e. The van der Waals surface area contributed by atoms with Gasteiger partial charge < -0.3 is 20.5 Å². The summed E-state index contributed by atoms with van der Waals surface area (Å²) in [5, 5.41) is 9.35. The van der Waals surface area contributed by atoms with Crippen LogP contribution < -0.4 is 16.0 Å². The van der Waals surface area contributed by atoms with Gasteiger partial charge in [-0.3, -0.25) is 4.79 Å². The number of nitrogens with zero attached hydrogens (tertiary/aromatic N) is 1. The fraction of sp³-hybridized carbons (Fsp3) is 0.0769. The van der Waals surface area contributed by atoms with Crippen LogP contribution in [0, 0.1) is 0 Å². The van der Waals surface area contributed by atoms with Gasteiger partial charge in [-0.2, -0.15) is 0 Å². The second-order valence-electron chi connectivity index (χ2n) is 7.32. The number of urea groups is 1. The number of nitrogens with one attached hydrogen (secondary N) is 3. The summed E-state index contributed by atoms with van der Waals surface area (Å²) in [6, 6.07) is 26.6. The molecular formula is C26H24N4O2. The van der Waals surface area contributed by atoms with Crippen LogP contribution in [-0.2, 0) is 6.54 Å². The molecule has 32 heavy (non-hydrogen) atoms. The Morgan fingerprint density at radius 2 is 1.50 bits per heavy atom. The Morgan fingerprint density at radius 1 is 0.844 bits per heavy atom. The van der Waals surface area contributed by atoms with Crippen molar-refractivity contribution in [3.05, 3.63) is 109 Å². The highest BCUT2D eigenvalue weighted by Gasteiger charge is 2.16. The Bertz CT molecular complexity index is 1240. The third kappa shape index (κ3) is 4.87. The molecule has 0 spiro atoms. The van der Waals surface area contributed by atoms with Crippen LogP contribution in [0.4, 0.5) is 16.2 Å². The lowest BCUT2D eigenvalue weighted by molar-refractivity contribution is 0.101. The molecule has 0 radical (unpaired) electrons. The van der Waals surface area contributed by atoms with Crippen molar-refractivity contribution < 1.29 is 9.59 Å². The first kappa shape index (κ1) is 20.9. The summed E-state index contributed by atoms with van der Waals surface area (Å²) in [4.78, 5) is 24.9. The average molecular weight is 425 g/mol. The van der Waals surface area contributed by atoms with Crippen LogP contribution in [-0.4, -0.2) is 23.1 Å². The molecule has 1 heterocycles. The number of carbonyl (C=O) groups excluding carboxylic acids is 2. The molecule has 0 atom stereocenters. The number of rotatable bonds is 7. The molecule has 6 heteroatoms. The molecule has 160 valence electrons. The van der Waals surface area contributed by atoms with Crippen LogP contribution in [0.5, 0.6) is 0 Å². The standard InChI is InChI=1S/C26H24N4O2/c1-2-16-27-26(32)29-22-14-12-21(13-15-22)28-25(31)24-17-20-10-6-7-11-23(20)30(24)18-19-8-4-3-5-9-19/h2-15,17H,1,16,18H2,(H,28,31)(H2,27,29,32). The van der Waals surface area contributed by atoms with Gasteiger partial charge in [0.2, 0.25) is 0 Å². The molecule has 0 saturated carbocycles. The Balaban J connectivity index is 1.53. The number of para-hydroxylation sites is 1. The van der Waals surface area contributed by atoms with E-state index in [2.05, 4.69) is 22.5 Å². The topological polar surface area (TPSA) is 75.2 Å². The van der Waals surface area contributed by atoms with Gasteiger partial charge in [-0.25, -0.2) is 4.79 Å². The van der Waals surface area contributed by atoms with E-state index in [9.17, 15) is 9.59 Å². The van der Waals surface area contributed by atoms with E-state index < -0.39 is 0 Å². The fourth-order valence-corrected chi connectivity index (χ4v) is 3.51. The van der Waals surface area contributed by atoms with Crippen molar-refractivity contribution in [2.75, 3.05) is 17.2 Å². The van der Waals surface area contributed by atoms with Crippen molar-refractivity contribution >= 4 is 34.2 Å². The van der Waals surface area contributed by atoms with Crippen LogP contribution >= 0.6 is 0 Å². The highest BCUT2D eigenvalue weighted by atomic mass is 16.2. The lowest BCUT2D eigenvalue weighted by Crippen LogP contribution is -2.28. The molecule has 0 saturated heterocycles. The normalized spacial score (nSPS) is 10.5. The zero-order chi connectivity index (χ0) is 22.3. The van der Waals surface area contributed by atoms with Gasteiger partial charge >= 0.3 is 6.03 Å². The minimum atomic E-state index is -0.313. The lowest BCUT2D eigenvalue weighted by Gasteiger charge is -2.12. The summed E-state index contributed by atoms with van der Waals surface area (Å²) in [7, 11) is 0. The smallest absolute Gasteiger partial charge is 0.319 e. The van der Waals surface area contributed by atoms with E-state index in [4.69, 9.17) is 0 Å². The van der Waals surface area contributed by atoms with Crippen molar-refractivity contribution in [1.29, 1.82) is 0 Å². The SMILES string of the molecule is C=CCNC(=O)Nc1ccc(NC(=O)c2cc3ccccc3n2Cc2ccccc2)cc1. The Kier molecular flexibility index (Phi) is 6.32. The van der Waals surface area contributed by atoms with E-state index in [0.29, 0.717) is 30.2 Å². The van der Waals surface area contributed by atoms with Gasteiger partial charge in [-0.1, -0.05) is 54.6 Å². The molecule has 0 fully saturated rings. The first-order chi connectivity index (χ1) is 15.6. The van der Waals surface area contributed by atoms with Crippen LogP contribution in [0.25, 0.3) is 10.9 Å². The molecule has 0 aliphatic heterocycles. The van der Waals surface area contributed by atoms with Crippen molar-refractivity contribution in [2.24, 2.45) is 0 Å². The molecule has 3 N–H and O–H groups in total. The van der Waals surface area contributed by atoms with Gasteiger partial charge in [-0.15, -0.1) is 6.58 Å². The molecule has 6 nitrogen and oxygen atoms in total. The van der Waals surface area contributed by atoms with Gasteiger partial charge in [0, 0.05) is 35.4 Å². The monoisotopic (exact) mass is 424 g/mol. The number of aromatic nitrogens is 1. The molecule has 0 unspecified atom stereocenters. The van der Waals surface area contributed by atoms with Gasteiger partial charge in [0.15, 0.2) is 0 Å². The summed E-state index contributed by atoms with van der Waals surface area (Å²) in [5.41, 5.74) is 3.98. The molecule has 3 amide bonds. The molecule has 0 aliphatic carbocycles. The largest absolute Gasteiger partial charge is 0.334 e. The maximum absolute atomic E-state index is 13.2. The number of fused-ring (bicyclic) bond motifs is 1. The molecule has 0 bridgehead atoms.